The van der Waals surface area contributed by atoms with Gasteiger partial charge in [-0.15, -0.1) is 0 Å². The van der Waals surface area contributed by atoms with Gasteiger partial charge < -0.3 is 15.3 Å². The van der Waals surface area contributed by atoms with Gasteiger partial charge in [-0.3, -0.25) is 0 Å². The molecule has 4 fully saturated rings. The summed E-state index contributed by atoms with van der Waals surface area (Å²) in [7, 11) is 0. The van der Waals surface area contributed by atoms with Crippen LogP contribution >= 0.6 is 0 Å². The second kappa shape index (κ2) is 8.32. The van der Waals surface area contributed by atoms with Gasteiger partial charge in [-0.2, -0.15) is 0 Å². The predicted molar refractivity (Wildman–Crippen MR) is 140 cm³/mol. The maximum Gasteiger partial charge on any atom is 0.0654 e. The van der Waals surface area contributed by atoms with Gasteiger partial charge in [0, 0.05) is 0 Å². The minimum absolute atomic E-state index is 0.0307. The van der Waals surface area contributed by atoms with Crippen LogP contribution in [0.4, 0.5) is 0 Å². The van der Waals surface area contributed by atoms with Gasteiger partial charge in [0.15, 0.2) is 0 Å². The summed E-state index contributed by atoms with van der Waals surface area (Å²) in [5.41, 5.74) is 0.771. The molecule has 0 aromatic heterocycles. The van der Waals surface area contributed by atoms with E-state index < -0.39 is 5.60 Å². The molecule has 0 aromatic carbocycles. The van der Waals surface area contributed by atoms with Crippen LogP contribution in [-0.4, -0.2) is 33.1 Å². The molecule has 0 radical (unpaired) electrons. The Hall–Kier alpha value is -0.380. The lowest BCUT2D eigenvalue weighted by Crippen LogP contribution is -2.68. The van der Waals surface area contributed by atoms with E-state index in [1.807, 2.05) is 6.92 Å². The second-order valence-corrected chi connectivity index (χ2v) is 15.1. The van der Waals surface area contributed by atoms with Crippen molar-refractivity contribution in [2.45, 2.75) is 131 Å². The molecule has 0 bridgehead atoms. The Morgan fingerprint density at radius 1 is 1.00 bits per heavy atom. The van der Waals surface area contributed by atoms with Crippen LogP contribution in [0.2, 0.25) is 0 Å². The van der Waals surface area contributed by atoms with Gasteiger partial charge in [0.1, 0.15) is 0 Å². The van der Waals surface area contributed by atoms with E-state index >= 15 is 0 Å². The lowest BCUT2D eigenvalue weighted by molar-refractivity contribution is -0.261. The number of fused-ring (bicyclic) bond motifs is 5. The summed E-state index contributed by atoms with van der Waals surface area (Å²) in [6, 6.07) is 0. The van der Waals surface area contributed by atoms with Crippen LogP contribution in [0.3, 0.4) is 0 Å². The molecular formula is C31H54O3. The molecule has 0 aliphatic heterocycles. The fourth-order valence-electron chi connectivity index (χ4n) is 11.2. The monoisotopic (exact) mass is 474 g/mol. The first-order valence-corrected chi connectivity index (χ1v) is 14.2. The molecule has 0 amide bonds. The molecule has 4 aliphatic carbocycles. The zero-order valence-electron chi connectivity index (χ0n) is 23.6. The average molecular weight is 475 g/mol. The van der Waals surface area contributed by atoms with Crippen LogP contribution in [0.25, 0.3) is 0 Å². The first-order valence-electron chi connectivity index (χ1n) is 14.2. The van der Waals surface area contributed by atoms with Crippen molar-refractivity contribution in [1.82, 2.24) is 0 Å². The third kappa shape index (κ3) is 3.61. The highest BCUT2D eigenvalue weighted by molar-refractivity contribution is 5.21. The van der Waals surface area contributed by atoms with Crippen molar-refractivity contribution in [3.63, 3.8) is 0 Å². The summed E-state index contributed by atoms with van der Waals surface area (Å²) >= 11 is 0. The normalized spacial score (nSPS) is 51.6. The van der Waals surface area contributed by atoms with E-state index in [1.165, 1.54) is 12.0 Å². The maximum atomic E-state index is 11.8. The van der Waals surface area contributed by atoms with E-state index in [2.05, 4.69) is 61.5 Å². The van der Waals surface area contributed by atoms with Crippen LogP contribution in [0.1, 0.15) is 114 Å². The average Bonchev–Trinajstić information content (AvgIpc) is 3.07. The molecule has 3 N–H and O–H groups in total. The highest BCUT2D eigenvalue weighted by atomic mass is 16.3. The summed E-state index contributed by atoms with van der Waals surface area (Å²) in [6.07, 6.45) is 9.38. The molecule has 5 unspecified atom stereocenters. The standard InChI is InChI=1S/C31H54O3/c1-19(2)11-10-14-31(9,34)21-12-16-29(7)25(21)22(32)17-23-28(6)15-13-24(33)27(4,5)26(28)20(3)18-30(23,29)8/h11,20-26,32-34H,10,12-18H2,1-9H3/t20-,21?,22-,23?,24+,25?,26?,28-,29-,30-,31?/m1/s1. The maximum absolute atomic E-state index is 11.8. The number of hydrogen-bond donors (Lipinski definition) is 3. The molecule has 3 heteroatoms. The Balaban J connectivity index is 1.70. The van der Waals surface area contributed by atoms with Crippen molar-refractivity contribution < 1.29 is 15.3 Å². The summed E-state index contributed by atoms with van der Waals surface area (Å²) in [6.45, 7) is 20.8. The molecule has 11 atom stereocenters. The Labute approximate surface area is 209 Å². The molecule has 0 saturated heterocycles. The lowest BCUT2D eigenvalue weighted by Gasteiger charge is -2.72. The third-order valence-electron chi connectivity index (χ3n) is 12.5. The Morgan fingerprint density at radius 2 is 1.65 bits per heavy atom. The summed E-state index contributed by atoms with van der Waals surface area (Å²) in [5.74, 6) is 1.78. The minimum atomic E-state index is -0.748. The molecule has 3 nitrogen and oxygen atoms in total. The van der Waals surface area contributed by atoms with Crippen LogP contribution < -0.4 is 0 Å². The number of aliphatic hydroxyl groups excluding tert-OH is 2. The van der Waals surface area contributed by atoms with Gasteiger partial charge in [-0.05, 0) is 123 Å². The fraction of sp³-hybridized carbons (Fsp3) is 0.935. The van der Waals surface area contributed by atoms with Crippen LogP contribution in [0, 0.1) is 51.2 Å². The number of rotatable bonds is 4. The van der Waals surface area contributed by atoms with Crippen molar-refractivity contribution in [1.29, 1.82) is 0 Å². The molecule has 4 saturated carbocycles. The van der Waals surface area contributed by atoms with Gasteiger partial charge in [0.2, 0.25) is 0 Å². The zero-order chi connectivity index (χ0) is 25.5. The number of aliphatic hydroxyl groups is 3. The second-order valence-electron chi connectivity index (χ2n) is 15.1. The summed E-state index contributed by atoms with van der Waals surface area (Å²) in [4.78, 5) is 0. The van der Waals surface area contributed by atoms with Crippen LogP contribution in [-0.2, 0) is 0 Å². The fourth-order valence-corrected chi connectivity index (χ4v) is 11.2. The van der Waals surface area contributed by atoms with Crippen LogP contribution in [0.15, 0.2) is 11.6 Å². The van der Waals surface area contributed by atoms with Crippen molar-refractivity contribution in [3.05, 3.63) is 11.6 Å². The Kier molecular flexibility index (Phi) is 6.53. The number of allylic oxidation sites excluding steroid dienone is 2. The number of hydrogen-bond acceptors (Lipinski definition) is 3. The van der Waals surface area contributed by atoms with E-state index in [4.69, 9.17) is 0 Å². The third-order valence-corrected chi connectivity index (χ3v) is 12.5. The minimum Gasteiger partial charge on any atom is -0.393 e. The van der Waals surface area contributed by atoms with Gasteiger partial charge in [0.05, 0.1) is 17.8 Å². The van der Waals surface area contributed by atoms with Gasteiger partial charge >= 0.3 is 0 Å². The summed E-state index contributed by atoms with van der Waals surface area (Å²) < 4.78 is 0. The zero-order valence-corrected chi connectivity index (χ0v) is 23.6. The Morgan fingerprint density at radius 3 is 2.26 bits per heavy atom. The molecule has 196 valence electrons. The van der Waals surface area contributed by atoms with Gasteiger partial charge in [0.25, 0.3) is 0 Å². The molecule has 0 spiro atoms. The quantitative estimate of drug-likeness (QED) is 0.395. The van der Waals surface area contributed by atoms with Crippen molar-refractivity contribution in [2.75, 3.05) is 0 Å². The highest BCUT2D eigenvalue weighted by Gasteiger charge is 2.72. The molecule has 4 rings (SSSR count). The molecule has 0 aromatic rings. The van der Waals surface area contributed by atoms with E-state index in [0.29, 0.717) is 17.8 Å². The lowest BCUT2D eigenvalue weighted by atomic mass is 9.33. The van der Waals surface area contributed by atoms with E-state index in [-0.39, 0.29) is 45.7 Å². The van der Waals surface area contributed by atoms with E-state index in [0.717, 1.165) is 44.9 Å². The topological polar surface area (TPSA) is 60.7 Å². The van der Waals surface area contributed by atoms with Crippen molar-refractivity contribution in [3.8, 4) is 0 Å². The highest BCUT2D eigenvalue weighted by Crippen LogP contribution is 2.76. The first kappa shape index (κ1) is 26.7. The van der Waals surface area contributed by atoms with Crippen molar-refractivity contribution >= 4 is 0 Å². The van der Waals surface area contributed by atoms with Crippen LogP contribution in [0.5, 0.6) is 0 Å². The van der Waals surface area contributed by atoms with Gasteiger partial charge in [-0.1, -0.05) is 53.2 Å². The molecular weight excluding hydrogens is 420 g/mol. The van der Waals surface area contributed by atoms with Gasteiger partial charge in [-0.25, -0.2) is 0 Å². The Bertz CT molecular complexity index is 809. The molecule has 0 heterocycles. The predicted octanol–water partition coefficient (Wildman–Crippen LogP) is 6.75. The smallest absolute Gasteiger partial charge is 0.0654 e. The SMILES string of the molecule is CC(C)=CCCC(C)(O)C1CC[C@]2(C)C1[C@H](O)CC1[C@@]3(C)CC[C@H](O)C(C)(C)C3[C@H](C)C[C@]12C. The van der Waals surface area contributed by atoms with E-state index in [9.17, 15) is 15.3 Å². The van der Waals surface area contributed by atoms with Crippen molar-refractivity contribution in [2.24, 2.45) is 51.2 Å². The first-order chi connectivity index (χ1) is 15.5. The summed E-state index contributed by atoms with van der Waals surface area (Å²) in [5, 5.41) is 34.5. The molecule has 34 heavy (non-hydrogen) atoms. The van der Waals surface area contributed by atoms with E-state index in [1.54, 1.807) is 0 Å². The largest absolute Gasteiger partial charge is 0.393 e. The molecule has 4 aliphatic rings.